The van der Waals surface area contributed by atoms with Crippen molar-refractivity contribution in [2.24, 2.45) is 0 Å². The van der Waals surface area contributed by atoms with Crippen molar-refractivity contribution in [2.45, 2.75) is 11.3 Å². The lowest BCUT2D eigenvalue weighted by molar-refractivity contribution is 0.313. The second kappa shape index (κ2) is 6.56. The maximum Gasteiger partial charge on any atom is 0.265 e. The number of hydrogen-bond acceptors (Lipinski definition) is 4. The number of hydrogen-bond donors (Lipinski definition) is 0. The molecule has 106 valence electrons. The number of benzene rings is 1. The zero-order valence-electron chi connectivity index (χ0n) is 10.3. The summed E-state index contributed by atoms with van der Waals surface area (Å²) in [6.07, 6.45) is 4.06. The van der Waals surface area contributed by atoms with Crippen molar-refractivity contribution in [1.29, 1.82) is 0 Å². The molecule has 0 aliphatic heterocycles. The molecule has 0 bridgehead atoms. The predicted molar refractivity (Wildman–Crippen MR) is 80.6 cm³/mol. The van der Waals surface area contributed by atoms with Gasteiger partial charge in [0.05, 0.1) is 6.61 Å². The Morgan fingerprint density at radius 3 is 2.75 bits per heavy atom. The van der Waals surface area contributed by atoms with Crippen LogP contribution in [0.1, 0.15) is 5.56 Å². The van der Waals surface area contributed by atoms with E-state index in [1.165, 1.54) is 6.07 Å². The maximum atomic E-state index is 11.5. The minimum atomic E-state index is -3.85. The first-order chi connectivity index (χ1) is 9.47. The Hall–Kier alpha value is -1.11. The first kappa shape index (κ1) is 15.3. The summed E-state index contributed by atoms with van der Waals surface area (Å²) in [6.45, 7) is 0.340. The molecule has 2 aromatic rings. The van der Waals surface area contributed by atoms with Crippen LogP contribution in [-0.2, 0) is 15.5 Å². The van der Waals surface area contributed by atoms with Crippen molar-refractivity contribution < 1.29 is 13.2 Å². The van der Waals surface area contributed by atoms with Crippen LogP contribution >= 0.6 is 26.6 Å². The largest absolute Gasteiger partial charge is 0.492 e. The quantitative estimate of drug-likeness (QED) is 0.751. The monoisotopic (exact) mass is 375 g/mol. The predicted octanol–water partition coefficient (Wildman–Crippen LogP) is 3.39. The number of aromatic nitrogens is 1. The van der Waals surface area contributed by atoms with Crippen LogP contribution in [0.2, 0.25) is 0 Å². The normalized spacial score (nSPS) is 11.3. The summed E-state index contributed by atoms with van der Waals surface area (Å²) in [7, 11) is 1.55. The Balaban J connectivity index is 2.10. The van der Waals surface area contributed by atoms with Gasteiger partial charge < -0.3 is 4.74 Å². The van der Waals surface area contributed by atoms with Gasteiger partial charge in [-0.3, -0.25) is 4.98 Å². The number of rotatable bonds is 5. The Kier molecular flexibility index (Phi) is 5.01. The summed E-state index contributed by atoms with van der Waals surface area (Å²) in [5.41, 5.74) is 1.01. The van der Waals surface area contributed by atoms with E-state index in [1.54, 1.807) is 24.5 Å². The number of halogens is 2. The number of nitrogens with zero attached hydrogens (tertiary/aromatic N) is 1. The van der Waals surface area contributed by atoms with Crippen LogP contribution in [0, 0.1) is 0 Å². The molecule has 0 aliphatic carbocycles. The summed E-state index contributed by atoms with van der Waals surface area (Å²) < 4.78 is 29.1. The van der Waals surface area contributed by atoms with E-state index in [0.717, 1.165) is 5.56 Å². The summed E-state index contributed by atoms with van der Waals surface area (Å²) in [4.78, 5) is 3.96. The Labute approximate surface area is 130 Å². The average molecular weight is 377 g/mol. The van der Waals surface area contributed by atoms with Crippen LogP contribution in [0.25, 0.3) is 0 Å². The SMILES string of the molecule is O=S(=O)(Cl)c1cc(Br)ccc1OCCc1cccnc1. The number of ether oxygens (including phenoxy) is 1. The first-order valence-corrected chi connectivity index (χ1v) is 8.83. The fourth-order valence-corrected chi connectivity index (χ4v) is 3.13. The van der Waals surface area contributed by atoms with Crippen molar-refractivity contribution in [1.82, 2.24) is 4.98 Å². The van der Waals surface area contributed by atoms with Crippen molar-refractivity contribution in [3.05, 3.63) is 52.8 Å². The zero-order valence-corrected chi connectivity index (χ0v) is 13.5. The van der Waals surface area contributed by atoms with Gasteiger partial charge in [-0.15, -0.1) is 0 Å². The van der Waals surface area contributed by atoms with Gasteiger partial charge in [-0.05, 0) is 29.8 Å². The third-order valence-corrected chi connectivity index (χ3v) is 4.38. The van der Waals surface area contributed by atoms with Crippen molar-refractivity contribution in [3.63, 3.8) is 0 Å². The van der Waals surface area contributed by atoms with Gasteiger partial charge in [0.15, 0.2) is 0 Å². The minimum absolute atomic E-state index is 0.0419. The zero-order chi connectivity index (χ0) is 14.6. The van der Waals surface area contributed by atoms with Crippen LogP contribution in [0.5, 0.6) is 5.75 Å². The van der Waals surface area contributed by atoms with E-state index in [4.69, 9.17) is 15.4 Å². The molecule has 0 saturated carbocycles. The van der Waals surface area contributed by atoms with E-state index in [1.807, 2.05) is 12.1 Å². The van der Waals surface area contributed by atoms with E-state index < -0.39 is 9.05 Å². The lowest BCUT2D eigenvalue weighted by Crippen LogP contribution is -2.04. The first-order valence-electron chi connectivity index (χ1n) is 5.73. The highest BCUT2D eigenvalue weighted by Gasteiger charge is 2.17. The summed E-state index contributed by atoms with van der Waals surface area (Å²) >= 11 is 3.21. The lowest BCUT2D eigenvalue weighted by atomic mass is 10.2. The van der Waals surface area contributed by atoms with Crippen molar-refractivity contribution in [2.75, 3.05) is 6.61 Å². The van der Waals surface area contributed by atoms with Crippen LogP contribution in [0.4, 0.5) is 0 Å². The molecule has 4 nitrogen and oxygen atoms in total. The molecule has 1 heterocycles. The molecule has 1 aromatic carbocycles. The summed E-state index contributed by atoms with van der Waals surface area (Å²) in [5, 5.41) is 0. The van der Waals surface area contributed by atoms with Gasteiger partial charge >= 0.3 is 0 Å². The average Bonchev–Trinajstić information content (AvgIpc) is 2.40. The highest BCUT2D eigenvalue weighted by Crippen LogP contribution is 2.30. The minimum Gasteiger partial charge on any atom is -0.492 e. The standard InChI is InChI=1S/C13H11BrClNO3S/c14-11-3-4-12(13(8-11)20(15,17)18)19-7-5-10-2-1-6-16-9-10/h1-4,6,8-9H,5,7H2. The van der Waals surface area contributed by atoms with Crippen molar-refractivity contribution >= 4 is 35.7 Å². The van der Waals surface area contributed by atoms with E-state index in [2.05, 4.69) is 20.9 Å². The lowest BCUT2D eigenvalue weighted by Gasteiger charge is -2.10. The Bertz CT molecular complexity index is 692. The molecule has 0 atom stereocenters. The van der Waals surface area contributed by atoms with Crippen LogP contribution in [0.15, 0.2) is 52.1 Å². The summed E-state index contributed by atoms with van der Waals surface area (Å²) in [6, 6.07) is 8.45. The van der Waals surface area contributed by atoms with E-state index in [-0.39, 0.29) is 10.6 Å². The van der Waals surface area contributed by atoms with Crippen molar-refractivity contribution in [3.8, 4) is 5.75 Å². The molecule has 0 amide bonds. The molecule has 0 spiro atoms. The van der Waals surface area contributed by atoms with Gasteiger partial charge in [0, 0.05) is 34.0 Å². The van der Waals surface area contributed by atoms with Gasteiger partial charge in [-0.25, -0.2) is 8.42 Å². The van der Waals surface area contributed by atoms with Gasteiger partial charge in [-0.1, -0.05) is 22.0 Å². The molecular weight excluding hydrogens is 366 g/mol. The maximum absolute atomic E-state index is 11.5. The second-order valence-electron chi connectivity index (χ2n) is 3.99. The van der Waals surface area contributed by atoms with Gasteiger partial charge in [0.2, 0.25) is 0 Å². The molecule has 0 fully saturated rings. The summed E-state index contributed by atoms with van der Waals surface area (Å²) in [5.74, 6) is 0.243. The van der Waals surface area contributed by atoms with Gasteiger partial charge in [0.1, 0.15) is 10.6 Å². The molecule has 0 radical (unpaired) electrons. The van der Waals surface area contributed by atoms with E-state index in [9.17, 15) is 8.42 Å². The third kappa shape index (κ3) is 4.19. The molecule has 1 aromatic heterocycles. The molecular formula is C13H11BrClNO3S. The fraction of sp³-hybridized carbons (Fsp3) is 0.154. The molecule has 0 N–H and O–H groups in total. The van der Waals surface area contributed by atoms with Gasteiger partial charge in [0.25, 0.3) is 9.05 Å². The topological polar surface area (TPSA) is 56.3 Å². The highest BCUT2D eigenvalue weighted by atomic mass is 79.9. The van der Waals surface area contributed by atoms with Crippen LogP contribution in [0.3, 0.4) is 0 Å². The second-order valence-corrected chi connectivity index (χ2v) is 7.44. The van der Waals surface area contributed by atoms with Gasteiger partial charge in [-0.2, -0.15) is 0 Å². The highest BCUT2D eigenvalue weighted by molar-refractivity contribution is 9.10. The third-order valence-electron chi connectivity index (χ3n) is 2.54. The molecule has 2 rings (SSSR count). The van der Waals surface area contributed by atoms with E-state index >= 15 is 0 Å². The number of pyridine rings is 1. The molecule has 7 heteroatoms. The van der Waals surface area contributed by atoms with E-state index in [0.29, 0.717) is 17.5 Å². The van der Waals surface area contributed by atoms with Crippen LogP contribution < -0.4 is 4.74 Å². The fourth-order valence-electron chi connectivity index (χ4n) is 1.62. The van der Waals surface area contributed by atoms with Crippen LogP contribution in [-0.4, -0.2) is 20.0 Å². The molecule has 20 heavy (non-hydrogen) atoms. The molecule has 0 saturated heterocycles. The smallest absolute Gasteiger partial charge is 0.265 e. The Morgan fingerprint density at radius 2 is 2.10 bits per heavy atom. The molecule has 0 aliphatic rings. The molecule has 0 unspecified atom stereocenters. The Morgan fingerprint density at radius 1 is 1.30 bits per heavy atom.